The molecule has 0 aromatic carbocycles. The fourth-order valence-corrected chi connectivity index (χ4v) is 4.13. The summed E-state index contributed by atoms with van der Waals surface area (Å²) < 4.78 is 0. The smallest absolute Gasteiger partial charge is 0.223 e. The topological polar surface area (TPSA) is 32.3 Å². The molecule has 3 fully saturated rings. The van der Waals surface area contributed by atoms with Crippen LogP contribution in [0, 0.1) is 5.92 Å². The van der Waals surface area contributed by atoms with Crippen molar-refractivity contribution in [3.05, 3.63) is 0 Å². The Hall–Kier alpha value is -0.570. The molecule has 18 heavy (non-hydrogen) atoms. The predicted molar refractivity (Wildman–Crippen MR) is 72.3 cm³/mol. The third kappa shape index (κ3) is 2.56. The van der Waals surface area contributed by atoms with E-state index in [0.29, 0.717) is 23.9 Å². The van der Waals surface area contributed by atoms with E-state index < -0.39 is 0 Å². The van der Waals surface area contributed by atoms with Crippen molar-refractivity contribution in [2.75, 3.05) is 13.1 Å². The van der Waals surface area contributed by atoms with Crippen LogP contribution >= 0.6 is 0 Å². The number of nitrogens with zero attached hydrogens (tertiary/aromatic N) is 1. The lowest BCUT2D eigenvalue weighted by Gasteiger charge is -2.38. The zero-order valence-corrected chi connectivity index (χ0v) is 11.4. The number of hydrogen-bond acceptors (Lipinski definition) is 2. The van der Waals surface area contributed by atoms with Crippen molar-refractivity contribution in [3.63, 3.8) is 0 Å². The monoisotopic (exact) mass is 250 g/mol. The normalized spacial score (nSPS) is 34.2. The minimum absolute atomic E-state index is 0.315. The molecule has 2 aliphatic heterocycles. The van der Waals surface area contributed by atoms with E-state index in [0.717, 1.165) is 12.8 Å². The first-order valence-electron chi connectivity index (χ1n) is 7.89. The Bertz CT molecular complexity index is 299. The summed E-state index contributed by atoms with van der Waals surface area (Å²) >= 11 is 0. The second-order valence-electron chi connectivity index (χ2n) is 6.34. The van der Waals surface area contributed by atoms with Gasteiger partial charge in [0.05, 0.1) is 0 Å². The van der Waals surface area contributed by atoms with Crippen molar-refractivity contribution in [2.24, 2.45) is 5.92 Å². The van der Waals surface area contributed by atoms with Crippen molar-refractivity contribution in [3.8, 4) is 0 Å². The summed E-state index contributed by atoms with van der Waals surface area (Å²) in [5.74, 6) is 0.670. The summed E-state index contributed by atoms with van der Waals surface area (Å²) in [6, 6.07) is 1.09. The van der Waals surface area contributed by atoms with Crippen LogP contribution in [0.25, 0.3) is 0 Å². The first-order valence-corrected chi connectivity index (χ1v) is 7.89. The van der Waals surface area contributed by atoms with Crippen LogP contribution in [0.15, 0.2) is 0 Å². The number of carbonyl (C=O) groups is 1. The molecular weight excluding hydrogens is 224 g/mol. The predicted octanol–water partition coefficient (Wildman–Crippen LogP) is 2.31. The Morgan fingerprint density at radius 1 is 0.889 bits per heavy atom. The molecule has 1 saturated carbocycles. The molecule has 1 N–H and O–H groups in total. The van der Waals surface area contributed by atoms with Crippen LogP contribution in [0.3, 0.4) is 0 Å². The standard InChI is InChI=1S/C15H26N2O/c18-15(12-6-2-1-3-7-12)16-13-8-4-10-17-11-5-9-14(13)17/h12-14H,1-11H2,(H,16,18)/t13-,14-/m0/s1. The number of piperidine rings is 1. The Balaban J connectivity index is 1.56. The van der Waals surface area contributed by atoms with E-state index >= 15 is 0 Å². The molecule has 0 radical (unpaired) electrons. The number of hydrogen-bond donors (Lipinski definition) is 1. The van der Waals surface area contributed by atoms with Gasteiger partial charge in [0.25, 0.3) is 0 Å². The number of amides is 1. The summed E-state index contributed by atoms with van der Waals surface area (Å²) in [6.07, 6.45) is 11.1. The van der Waals surface area contributed by atoms with Gasteiger partial charge in [-0.1, -0.05) is 19.3 Å². The third-order valence-corrected chi connectivity index (χ3v) is 5.14. The Morgan fingerprint density at radius 3 is 2.39 bits per heavy atom. The van der Waals surface area contributed by atoms with Gasteiger partial charge in [-0.25, -0.2) is 0 Å². The van der Waals surface area contributed by atoms with Gasteiger partial charge in [-0.2, -0.15) is 0 Å². The van der Waals surface area contributed by atoms with Gasteiger partial charge in [0.15, 0.2) is 0 Å². The minimum atomic E-state index is 0.315. The summed E-state index contributed by atoms with van der Waals surface area (Å²) in [5.41, 5.74) is 0. The molecule has 2 heterocycles. The fraction of sp³-hybridized carbons (Fsp3) is 0.933. The minimum Gasteiger partial charge on any atom is -0.352 e. The van der Waals surface area contributed by atoms with E-state index in [4.69, 9.17) is 0 Å². The van der Waals surface area contributed by atoms with Crippen molar-refractivity contribution >= 4 is 5.91 Å². The maximum atomic E-state index is 12.3. The van der Waals surface area contributed by atoms with E-state index in [1.54, 1.807) is 0 Å². The lowest BCUT2D eigenvalue weighted by atomic mass is 9.87. The molecule has 0 spiro atoms. The molecule has 0 aromatic heterocycles. The van der Waals surface area contributed by atoms with Crippen LogP contribution in [0.4, 0.5) is 0 Å². The van der Waals surface area contributed by atoms with Crippen LogP contribution in [0.5, 0.6) is 0 Å². The second kappa shape index (κ2) is 5.60. The Morgan fingerprint density at radius 2 is 1.61 bits per heavy atom. The van der Waals surface area contributed by atoms with Crippen LogP contribution in [-0.2, 0) is 4.79 Å². The molecule has 0 bridgehead atoms. The number of rotatable bonds is 2. The van der Waals surface area contributed by atoms with Gasteiger partial charge >= 0.3 is 0 Å². The zero-order valence-electron chi connectivity index (χ0n) is 11.4. The molecular formula is C15H26N2O. The van der Waals surface area contributed by atoms with Crippen LogP contribution in [0.1, 0.15) is 57.8 Å². The van der Waals surface area contributed by atoms with Crippen molar-refractivity contribution in [1.29, 1.82) is 0 Å². The van der Waals surface area contributed by atoms with Crippen molar-refractivity contribution < 1.29 is 4.79 Å². The fourth-order valence-electron chi connectivity index (χ4n) is 4.13. The first-order chi connectivity index (χ1) is 8.84. The van der Waals surface area contributed by atoms with Gasteiger partial charge in [0, 0.05) is 18.0 Å². The Kier molecular flexibility index (Phi) is 3.88. The summed E-state index contributed by atoms with van der Waals surface area (Å²) in [5, 5.41) is 3.38. The van der Waals surface area contributed by atoms with Gasteiger partial charge < -0.3 is 5.32 Å². The molecule has 2 saturated heterocycles. The van der Waals surface area contributed by atoms with Gasteiger partial charge in [-0.3, -0.25) is 9.69 Å². The highest BCUT2D eigenvalue weighted by molar-refractivity contribution is 5.79. The summed E-state index contributed by atoms with van der Waals surface area (Å²) in [7, 11) is 0. The van der Waals surface area contributed by atoms with Crippen LogP contribution in [0.2, 0.25) is 0 Å². The molecule has 102 valence electrons. The average Bonchev–Trinajstić information content (AvgIpc) is 2.89. The highest BCUT2D eigenvalue weighted by atomic mass is 16.2. The summed E-state index contributed by atoms with van der Waals surface area (Å²) in [4.78, 5) is 14.9. The largest absolute Gasteiger partial charge is 0.352 e. The molecule has 0 unspecified atom stereocenters. The van der Waals surface area contributed by atoms with Crippen LogP contribution < -0.4 is 5.32 Å². The average molecular weight is 250 g/mol. The first kappa shape index (κ1) is 12.5. The SMILES string of the molecule is O=C(N[C@H]1CCCN2CCC[C@@H]12)C1CCCCC1. The lowest BCUT2D eigenvalue weighted by Crippen LogP contribution is -2.53. The van der Waals surface area contributed by atoms with Gasteiger partial charge in [-0.15, -0.1) is 0 Å². The Labute approximate surface area is 110 Å². The number of fused-ring (bicyclic) bond motifs is 1. The van der Waals surface area contributed by atoms with Crippen molar-refractivity contribution in [2.45, 2.75) is 69.9 Å². The molecule has 1 aliphatic carbocycles. The van der Waals surface area contributed by atoms with Crippen molar-refractivity contribution in [1.82, 2.24) is 10.2 Å². The third-order valence-electron chi connectivity index (χ3n) is 5.14. The quantitative estimate of drug-likeness (QED) is 0.815. The lowest BCUT2D eigenvalue weighted by molar-refractivity contribution is -0.127. The molecule has 3 heteroatoms. The van der Waals surface area contributed by atoms with Gasteiger partial charge in [0.1, 0.15) is 0 Å². The molecule has 3 rings (SSSR count). The number of nitrogens with one attached hydrogen (secondary N) is 1. The number of carbonyl (C=O) groups excluding carboxylic acids is 1. The van der Waals surface area contributed by atoms with Gasteiger partial charge in [-0.05, 0) is 51.6 Å². The molecule has 1 amide bonds. The second-order valence-corrected chi connectivity index (χ2v) is 6.34. The molecule has 2 atom stereocenters. The maximum Gasteiger partial charge on any atom is 0.223 e. The van der Waals surface area contributed by atoms with E-state index in [1.807, 2.05) is 0 Å². The van der Waals surface area contributed by atoms with E-state index in [-0.39, 0.29) is 0 Å². The van der Waals surface area contributed by atoms with E-state index in [1.165, 1.54) is 58.0 Å². The molecule has 3 nitrogen and oxygen atoms in total. The van der Waals surface area contributed by atoms with E-state index in [2.05, 4.69) is 10.2 Å². The highest BCUT2D eigenvalue weighted by Crippen LogP contribution is 2.28. The van der Waals surface area contributed by atoms with Gasteiger partial charge in [0.2, 0.25) is 5.91 Å². The zero-order chi connectivity index (χ0) is 12.4. The van der Waals surface area contributed by atoms with E-state index in [9.17, 15) is 4.79 Å². The molecule has 0 aromatic rings. The maximum absolute atomic E-state index is 12.3. The summed E-state index contributed by atoms with van der Waals surface area (Å²) in [6.45, 7) is 2.50. The molecule has 3 aliphatic rings. The highest BCUT2D eigenvalue weighted by Gasteiger charge is 2.36. The van der Waals surface area contributed by atoms with Crippen LogP contribution in [-0.4, -0.2) is 36.0 Å².